The number of rotatable bonds is 6. The van der Waals surface area contributed by atoms with Gasteiger partial charge in [-0.25, -0.2) is 4.79 Å². The van der Waals surface area contributed by atoms with Crippen molar-refractivity contribution in [1.82, 2.24) is 19.9 Å². The summed E-state index contributed by atoms with van der Waals surface area (Å²) in [5.74, 6) is 1.12. The number of halogens is 1. The summed E-state index contributed by atoms with van der Waals surface area (Å²) in [5.41, 5.74) is 0.763. The summed E-state index contributed by atoms with van der Waals surface area (Å²) in [7, 11) is 0. The highest BCUT2D eigenvalue weighted by atomic mass is 35.5. The number of carbonyl (C=O) groups excluding carboxylic acids is 1. The van der Waals surface area contributed by atoms with E-state index in [0.29, 0.717) is 24.1 Å². The van der Waals surface area contributed by atoms with Crippen LogP contribution >= 0.6 is 11.6 Å². The van der Waals surface area contributed by atoms with E-state index < -0.39 is 6.04 Å². The molecule has 1 atom stereocenters. The zero-order valence-corrected chi connectivity index (χ0v) is 18.3. The van der Waals surface area contributed by atoms with Gasteiger partial charge in [-0.05, 0) is 24.6 Å². The van der Waals surface area contributed by atoms with Crippen molar-refractivity contribution in [2.24, 2.45) is 0 Å². The molecule has 1 aliphatic rings. The number of hydrogen-bond donors (Lipinski definition) is 0. The zero-order valence-electron chi connectivity index (χ0n) is 17.5. The Morgan fingerprint density at radius 3 is 2.41 bits per heavy atom. The minimum atomic E-state index is -0.426. The normalized spacial score (nSPS) is 17.3. The van der Waals surface area contributed by atoms with Gasteiger partial charge in [0.1, 0.15) is 6.04 Å². The van der Waals surface area contributed by atoms with Crippen molar-refractivity contribution in [3.05, 3.63) is 46.6 Å². The summed E-state index contributed by atoms with van der Waals surface area (Å²) >= 11 is 6.01. The Kier molecular flexibility index (Phi) is 6.93. The van der Waals surface area contributed by atoms with Crippen LogP contribution in [-0.2, 0) is 21.5 Å². The van der Waals surface area contributed by atoms with Crippen LogP contribution in [0.2, 0.25) is 5.02 Å². The number of aromatic nitrogens is 2. The van der Waals surface area contributed by atoms with Crippen LogP contribution in [0.4, 0.5) is 0 Å². The first-order valence-corrected chi connectivity index (χ1v) is 10.4. The second-order valence-electron chi connectivity index (χ2n) is 8.28. The van der Waals surface area contributed by atoms with Crippen molar-refractivity contribution in [1.29, 1.82) is 0 Å². The number of ether oxygens (including phenoxy) is 1. The molecule has 2 aromatic rings. The van der Waals surface area contributed by atoms with E-state index >= 15 is 0 Å². The average molecular weight is 421 g/mol. The standard InChI is InChI=1S/C21H29ClN4O3/c1-5-28-19(27)18(15-6-8-16(22)9-7-15)26-12-10-25(11-13-26)14-17-23-20(24-29-17)21(2,3)4/h6-9,18H,5,10-14H2,1-4H3. The SMILES string of the molecule is CCOC(=O)C(c1ccc(Cl)cc1)N1CCN(Cc2nc(C(C)(C)C)no2)CC1. The van der Waals surface area contributed by atoms with Crippen LogP contribution in [0, 0.1) is 0 Å². The van der Waals surface area contributed by atoms with Crippen LogP contribution in [0.15, 0.2) is 28.8 Å². The fourth-order valence-corrected chi connectivity index (χ4v) is 3.48. The third kappa shape index (κ3) is 5.56. The van der Waals surface area contributed by atoms with E-state index in [4.69, 9.17) is 20.9 Å². The molecule has 1 aromatic heterocycles. The molecule has 0 amide bonds. The molecular formula is C21H29ClN4O3. The van der Waals surface area contributed by atoms with Crippen LogP contribution in [0.5, 0.6) is 0 Å². The van der Waals surface area contributed by atoms with E-state index in [1.54, 1.807) is 0 Å². The Morgan fingerprint density at radius 2 is 1.86 bits per heavy atom. The number of esters is 1. The quantitative estimate of drug-likeness (QED) is 0.663. The molecule has 7 nitrogen and oxygen atoms in total. The van der Waals surface area contributed by atoms with Gasteiger partial charge in [-0.1, -0.05) is 49.7 Å². The number of carbonyl (C=O) groups is 1. The van der Waals surface area contributed by atoms with E-state index in [9.17, 15) is 4.79 Å². The summed E-state index contributed by atoms with van der Waals surface area (Å²) in [6.07, 6.45) is 0. The molecule has 158 valence electrons. The predicted octanol–water partition coefficient (Wildman–Crippen LogP) is 3.44. The average Bonchev–Trinajstić information content (AvgIpc) is 3.14. The summed E-state index contributed by atoms with van der Waals surface area (Å²) in [4.78, 5) is 21.6. The number of hydrogen-bond acceptors (Lipinski definition) is 7. The second-order valence-corrected chi connectivity index (χ2v) is 8.72. The fraction of sp³-hybridized carbons (Fsp3) is 0.571. The van der Waals surface area contributed by atoms with Gasteiger partial charge in [-0.2, -0.15) is 4.98 Å². The minimum Gasteiger partial charge on any atom is -0.465 e. The Hall–Kier alpha value is -1.96. The van der Waals surface area contributed by atoms with Gasteiger partial charge in [0, 0.05) is 36.6 Å². The lowest BCUT2D eigenvalue weighted by Crippen LogP contribution is -2.49. The van der Waals surface area contributed by atoms with Crippen molar-refractivity contribution in [2.75, 3.05) is 32.8 Å². The molecule has 0 saturated carbocycles. The third-order valence-electron chi connectivity index (χ3n) is 4.97. The number of nitrogens with zero attached hydrogens (tertiary/aromatic N) is 4. The molecule has 1 saturated heterocycles. The summed E-state index contributed by atoms with van der Waals surface area (Å²) in [6.45, 7) is 12.1. The second kappa shape index (κ2) is 9.24. The Bertz CT molecular complexity index is 808. The van der Waals surface area contributed by atoms with Crippen molar-refractivity contribution in [3.63, 3.8) is 0 Å². The maximum atomic E-state index is 12.7. The van der Waals surface area contributed by atoms with Crippen molar-refractivity contribution in [2.45, 2.75) is 45.7 Å². The molecule has 0 N–H and O–H groups in total. The summed E-state index contributed by atoms with van der Waals surface area (Å²) in [6, 6.07) is 6.97. The van der Waals surface area contributed by atoms with Gasteiger partial charge in [0.05, 0.1) is 13.2 Å². The molecule has 1 fully saturated rings. The molecule has 0 radical (unpaired) electrons. The molecule has 1 unspecified atom stereocenters. The lowest BCUT2D eigenvalue weighted by molar-refractivity contribution is -0.150. The van der Waals surface area contributed by atoms with Crippen molar-refractivity contribution < 1.29 is 14.1 Å². The van der Waals surface area contributed by atoms with Crippen LogP contribution in [0.3, 0.4) is 0 Å². The topological polar surface area (TPSA) is 71.7 Å². The minimum absolute atomic E-state index is 0.133. The monoisotopic (exact) mass is 420 g/mol. The summed E-state index contributed by atoms with van der Waals surface area (Å²) < 4.78 is 10.8. The predicted molar refractivity (Wildman–Crippen MR) is 111 cm³/mol. The molecule has 3 rings (SSSR count). The first-order chi connectivity index (χ1) is 13.8. The Morgan fingerprint density at radius 1 is 1.21 bits per heavy atom. The molecule has 29 heavy (non-hydrogen) atoms. The molecule has 2 heterocycles. The maximum Gasteiger partial charge on any atom is 0.328 e. The van der Waals surface area contributed by atoms with Gasteiger partial charge in [0.25, 0.3) is 0 Å². The van der Waals surface area contributed by atoms with E-state index in [0.717, 1.165) is 37.6 Å². The smallest absolute Gasteiger partial charge is 0.328 e. The largest absolute Gasteiger partial charge is 0.465 e. The lowest BCUT2D eigenvalue weighted by Gasteiger charge is -2.37. The first-order valence-electron chi connectivity index (χ1n) is 9.99. The van der Waals surface area contributed by atoms with Gasteiger partial charge in [0.15, 0.2) is 5.82 Å². The number of benzene rings is 1. The third-order valence-corrected chi connectivity index (χ3v) is 5.22. The zero-order chi connectivity index (χ0) is 21.0. The van der Waals surface area contributed by atoms with Gasteiger partial charge in [0.2, 0.25) is 5.89 Å². The first kappa shape index (κ1) is 21.7. The molecule has 1 aromatic carbocycles. The lowest BCUT2D eigenvalue weighted by atomic mass is 9.96. The van der Waals surface area contributed by atoms with Gasteiger partial charge in [-0.3, -0.25) is 9.80 Å². The highest BCUT2D eigenvalue weighted by molar-refractivity contribution is 6.30. The molecule has 1 aliphatic heterocycles. The van der Waals surface area contributed by atoms with Gasteiger partial charge >= 0.3 is 5.97 Å². The van der Waals surface area contributed by atoms with Crippen molar-refractivity contribution >= 4 is 17.6 Å². The van der Waals surface area contributed by atoms with Crippen LogP contribution in [-0.4, -0.2) is 58.7 Å². The molecule has 0 spiro atoms. The van der Waals surface area contributed by atoms with Gasteiger partial charge < -0.3 is 9.26 Å². The highest BCUT2D eigenvalue weighted by Gasteiger charge is 2.32. The highest BCUT2D eigenvalue weighted by Crippen LogP contribution is 2.26. The van der Waals surface area contributed by atoms with Gasteiger partial charge in [-0.15, -0.1) is 0 Å². The van der Waals surface area contributed by atoms with Crippen LogP contribution < -0.4 is 0 Å². The fourth-order valence-electron chi connectivity index (χ4n) is 3.36. The maximum absolute atomic E-state index is 12.7. The number of piperazine rings is 1. The Labute approximate surface area is 177 Å². The summed E-state index contributed by atoms with van der Waals surface area (Å²) in [5, 5.41) is 4.74. The van der Waals surface area contributed by atoms with E-state index in [2.05, 4.69) is 40.7 Å². The van der Waals surface area contributed by atoms with E-state index in [1.165, 1.54) is 0 Å². The van der Waals surface area contributed by atoms with Crippen LogP contribution in [0.25, 0.3) is 0 Å². The van der Waals surface area contributed by atoms with E-state index in [-0.39, 0.29) is 11.4 Å². The van der Waals surface area contributed by atoms with Crippen LogP contribution in [0.1, 0.15) is 51.0 Å². The molecular weight excluding hydrogens is 392 g/mol. The molecule has 8 heteroatoms. The van der Waals surface area contributed by atoms with E-state index in [1.807, 2.05) is 31.2 Å². The molecule has 0 aliphatic carbocycles. The van der Waals surface area contributed by atoms with Crippen molar-refractivity contribution in [3.8, 4) is 0 Å². The molecule has 0 bridgehead atoms. The Balaban J connectivity index is 1.64.